The van der Waals surface area contributed by atoms with E-state index in [1.54, 1.807) is 11.8 Å². The molecule has 2 fully saturated rings. The van der Waals surface area contributed by atoms with Gasteiger partial charge in [0.15, 0.2) is 11.6 Å². The maximum absolute atomic E-state index is 15.1. The molecule has 0 spiro atoms. The minimum absolute atomic E-state index is 0.0814. The normalized spacial score (nSPS) is 18.9. The van der Waals surface area contributed by atoms with Crippen LogP contribution in [0.2, 0.25) is 0 Å². The number of hydrogen-bond donors (Lipinski definition) is 3. The fraction of sp³-hybridized carbons (Fsp3) is 0.265. The van der Waals surface area contributed by atoms with E-state index >= 15 is 4.39 Å². The Hall–Kier alpha value is -5.63. The Kier molecular flexibility index (Phi) is 9.17. The van der Waals surface area contributed by atoms with Gasteiger partial charge in [0.05, 0.1) is 0 Å². The summed E-state index contributed by atoms with van der Waals surface area (Å²) < 4.78 is 40.7. The number of fused-ring (bicyclic) bond motifs is 1. The topological polar surface area (TPSA) is 158 Å². The molecule has 4 atom stereocenters. The van der Waals surface area contributed by atoms with Crippen LogP contribution in [0.15, 0.2) is 83.9 Å². The third kappa shape index (κ3) is 7.18. The SMILES string of the molecule is C[C@H](N)C(=O)OC1C[C@@H]2CN(C(=O)Nc3cc(Oc4ccc(NC(=O)c5cccn(-c6ccc(F)cc6)c5=O)cc4F)ccn3)C[C@@H]2C1. The molecule has 1 aliphatic heterocycles. The Morgan fingerprint density at radius 1 is 0.979 bits per heavy atom. The summed E-state index contributed by atoms with van der Waals surface area (Å²) in [5.41, 5.74) is 5.22. The molecule has 4 N–H and O–H groups in total. The van der Waals surface area contributed by atoms with Crippen LogP contribution in [-0.4, -0.2) is 57.6 Å². The van der Waals surface area contributed by atoms with Crippen LogP contribution in [-0.2, 0) is 9.53 Å². The van der Waals surface area contributed by atoms with Crippen LogP contribution in [0.4, 0.5) is 25.1 Å². The van der Waals surface area contributed by atoms with E-state index in [9.17, 15) is 23.6 Å². The molecule has 1 saturated heterocycles. The van der Waals surface area contributed by atoms with Crippen molar-refractivity contribution in [2.75, 3.05) is 23.7 Å². The molecule has 6 rings (SSSR count). The molecule has 48 heavy (non-hydrogen) atoms. The smallest absolute Gasteiger partial charge is 0.323 e. The van der Waals surface area contributed by atoms with Crippen molar-refractivity contribution in [3.63, 3.8) is 0 Å². The molecule has 14 heteroatoms. The number of anilines is 2. The maximum Gasteiger partial charge on any atom is 0.323 e. The average molecular weight is 659 g/mol. The molecular formula is C34H32F2N6O6. The van der Waals surface area contributed by atoms with Crippen LogP contribution in [0.5, 0.6) is 11.5 Å². The van der Waals surface area contributed by atoms with E-state index in [4.69, 9.17) is 15.2 Å². The van der Waals surface area contributed by atoms with Gasteiger partial charge in [0.2, 0.25) is 0 Å². The second kappa shape index (κ2) is 13.6. The van der Waals surface area contributed by atoms with Gasteiger partial charge in [0.25, 0.3) is 11.5 Å². The van der Waals surface area contributed by atoms with Gasteiger partial charge >= 0.3 is 12.0 Å². The first-order valence-corrected chi connectivity index (χ1v) is 15.3. The average Bonchev–Trinajstić information content (AvgIpc) is 3.62. The third-order valence-corrected chi connectivity index (χ3v) is 8.33. The first-order valence-electron chi connectivity index (χ1n) is 15.3. The summed E-state index contributed by atoms with van der Waals surface area (Å²) in [6.07, 6.45) is 4.01. The number of carbonyl (C=O) groups excluding carboxylic acids is 3. The van der Waals surface area contributed by atoms with Gasteiger partial charge in [-0.2, -0.15) is 0 Å². The van der Waals surface area contributed by atoms with E-state index in [-0.39, 0.29) is 52.5 Å². The number of esters is 1. The van der Waals surface area contributed by atoms with E-state index in [2.05, 4.69) is 15.6 Å². The molecule has 248 valence electrons. The van der Waals surface area contributed by atoms with Gasteiger partial charge in [0.1, 0.15) is 35.1 Å². The number of hydrogen-bond acceptors (Lipinski definition) is 8. The zero-order chi connectivity index (χ0) is 33.9. The molecule has 0 radical (unpaired) electrons. The van der Waals surface area contributed by atoms with Crippen molar-refractivity contribution in [1.29, 1.82) is 0 Å². The minimum atomic E-state index is -0.791. The number of benzene rings is 2. The van der Waals surface area contributed by atoms with Crippen molar-refractivity contribution in [1.82, 2.24) is 14.5 Å². The van der Waals surface area contributed by atoms with Crippen LogP contribution < -0.4 is 26.7 Å². The highest BCUT2D eigenvalue weighted by molar-refractivity contribution is 6.04. The number of aromatic nitrogens is 2. The Morgan fingerprint density at radius 2 is 1.71 bits per heavy atom. The lowest BCUT2D eigenvalue weighted by Crippen LogP contribution is -2.35. The summed E-state index contributed by atoms with van der Waals surface area (Å²) in [5, 5.41) is 5.26. The van der Waals surface area contributed by atoms with Crippen molar-refractivity contribution < 1.29 is 32.6 Å². The van der Waals surface area contributed by atoms with E-state index in [0.717, 1.165) is 6.07 Å². The molecular weight excluding hydrogens is 626 g/mol. The largest absolute Gasteiger partial charge is 0.461 e. The zero-order valence-corrected chi connectivity index (χ0v) is 25.8. The van der Waals surface area contributed by atoms with E-state index in [1.165, 1.54) is 77.6 Å². The molecule has 2 aliphatic rings. The van der Waals surface area contributed by atoms with Crippen LogP contribution in [0, 0.1) is 23.5 Å². The highest BCUT2D eigenvalue weighted by atomic mass is 19.1. The summed E-state index contributed by atoms with van der Waals surface area (Å²) in [5.74, 6) is -1.75. The minimum Gasteiger partial charge on any atom is -0.461 e. The van der Waals surface area contributed by atoms with Crippen molar-refractivity contribution in [2.24, 2.45) is 17.6 Å². The van der Waals surface area contributed by atoms with Crippen molar-refractivity contribution in [3.8, 4) is 17.2 Å². The van der Waals surface area contributed by atoms with Gasteiger partial charge in [-0.25, -0.2) is 18.6 Å². The van der Waals surface area contributed by atoms with E-state index in [1.807, 2.05) is 0 Å². The summed E-state index contributed by atoms with van der Waals surface area (Å²) in [6, 6.07) is 13.7. The van der Waals surface area contributed by atoms with Gasteiger partial charge in [0, 0.05) is 49.0 Å². The second-order valence-corrected chi connectivity index (χ2v) is 11.8. The predicted octanol–water partition coefficient (Wildman–Crippen LogP) is 4.69. The Balaban J connectivity index is 1.05. The fourth-order valence-electron chi connectivity index (χ4n) is 5.97. The lowest BCUT2D eigenvalue weighted by atomic mass is 10.0. The summed E-state index contributed by atoms with van der Waals surface area (Å²) >= 11 is 0. The van der Waals surface area contributed by atoms with Crippen molar-refractivity contribution >= 4 is 29.4 Å². The van der Waals surface area contributed by atoms with Crippen molar-refractivity contribution in [2.45, 2.75) is 31.9 Å². The number of carbonyl (C=O) groups is 3. The number of ether oxygens (including phenoxy) is 2. The number of amides is 3. The van der Waals surface area contributed by atoms with Crippen LogP contribution in [0.1, 0.15) is 30.1 Å². The van der Waals surface area contributed by atoms with Gasteiger partial charge in [-0.15, -0.1) is 0 Å². The Bertz CT molecular complexity index is 1900. The zero-order valence-electron chi connectivity index (χ0n) is 25.8. The molecule has 1 saturated carbocycles. The number of nitrogens with zero attached hydrogens (tertiary/aromatic N) is 3. The molecule has 0 bridgehead atoms. The quantitative estimate of drug-likeness (QED) is 0.230. The van der Waals surface area contributed by atoms with Gasteiger partial charge in [-0.1, -0.05) is 0 Å². The number of likely N-dealkylation sites (tertiary alicyclic amines) is 1. The molecule has 12 nitrogen and oxygen atoms in total. The second-order valence-electron chi connectivity index (χ2n) is 11.8. The molecule has 3 heterocycles. The highest BCUT2D eigenvalue weighted by Gasteiger charge is 2.44. The summed E-state index contributed by atoms with van der Waals surface area (Å²) in [4.78, 5) is 56.5. The number of nitrogens with two attached hydrogens (primary N) is 1. The number of halogens is 2. The Labute approximate surface area is 273 Å². The Morgan fingerprint density at radius 3 is 2.40 bits per heavy atom. The maximum atomic E-state index is 15.1. The summed E-state index contributed by atoms with van der Waals surface area (Å²) in [7, 11) is 0. The van der Waals surface area contributed by atoms with Gasteiger partial charge in [-0.05, 0) is 86.2 Å². The van der Waals surface area contributed by atoms with Crippen LogP contribution in [0.25, 0.3) is 5.69 Å². The first-order chi connectivity index (χ1) is 23.0. The number of rotatable bonds is 8. The highest BCUT2D eigenvalue weighted by Crippen LogP contribution is 2.39. The summed E-state index contributed by atoms with van der Waals surface area (Å²) in [6.45, 7) is 2.61. The van der Waals surface area contributed by atoms with E-state index < -0.39 is 35.1 Å². The molecule has 1 aliphatic carbocycles. The standard InChI is InChI=1S/C34H32F2N6O6/c1-19(37)33(45)48-26-13-20-17-41(18-21(20)14-26)34(46)40-30-16-25(10-11-38-30)47-29-9-6-23(15-28(29)36)39-31(43)27-3-2-12-42(32(27)44)24-7-4-22(35)5-8-24/h2-12,15-16,19-21,26H,13-14,17-18,37H2,1H3,(H,39,43)(H,38,40,46)/t19-,20-,21+,26?/m0/s1. The lowest BCUT2D eigenvalue weighted by molar-refractivity contribution is -0.150. The van der Waals surface area contributed by atoms with Gasteiger partial charge in [-0.3, -0.25) is 24.3 Å². The van der Waals surface area contributed by atoms with Crippen LogP contribution >= 0.6 is 0 Å². The monoisotopic (exact) mass is 658 g/mol. The molecule has 3 amide bonds. The van der Waals surface area contributed by atoms with Crippen molar-refractivity contribution in [3.05, 3.63) is 107 Å². The lowest BCUT2D eigenvalue weighted by Gasteiger charge is -2.20. The molecule has 4 aromatic rings. The van der Waals surface area contributed by atoms with E-state index in [0.29, 0.717) is 31.6 Å². The fourth-order valence-corrected chi connectivity index (χ4v) is 5.97. The number of nitrogens with one attached hydrogen (secondary N) is 2. The van der Waals surface area contributed by atoms with Crippen LogP contribution in [0.3, 0.4) is 0 Å². The predicted molar refractivity (Wildman–Crippen MR) is 171 cm³/mol. The molecule has 1 unspecified atom stereocenters. The number of urea groups is 1. The number of pyridine rings is 2. The molecule has 2 aromatic heterocycles. The molecule has 2 aromatic carbocycles. The van der Waals surface area contributed by atoms with Gasteiger partial charge < -0.3 is 25.4 Å². The third-order valence-electron chi connectivity index (χ3n) is 8.33. The first kappa shape index (κ1) is 32.3.